The molecule has 6 heteroatoms. The van der Waals surface area contributed by atoms with E-state index in [1.807, 2.05) is 19.1 Å². The minimum absolute atomic E-state index is 0.114. The number of fused-ring (bicyclic) bond motifs is 7. The van der Waals surface area contributed by atoms with E-state index in [-0.39, 0.29) is 17.5 Å². The summed E-state index contributed by atoms with van der Waals surface area (Å²) in [6.45, 7) is 11.1. The average Bonchev–Trinajstić information content (AvgIpc) is 3.36. The van der Waals surface area contributed by atoms with E-state index < -0.39 is 0 Å². The van der Waals surface area contributed by atoms with Gasteiger partial charge in [-0.15, -0.1) is 0 Å². The van der Waals surface area contributed by atoms with Crippen molar-refractivity contribution in [2.24, 2.45) is 0 Å². The molecular formula is C34H38FN3O2. The number of rotatable bonds is 1. The zero-order valence-corrected chi connectivity index (χ0v) is 23.9. The second kappa shape index (κ2) is 10.7. The standard InChI is InChI=1S/C34H38FN3O2/c1-5-28-23(2)21-38-22-30-26-11-8-10-25(19-26)29-13-12-27(35)20-31(29)40-24(3)9-6-7-18-39-34(4)14-16-37(17-15-34)32(28)33(38)36-30/h6-8,10-13,19-22,24H,5,9,14-18H2,1-4H3/b7-6+. The Kier molecular flexibility index (Phi) is 7.13. The molecule has 0 saturated carbocycles. The highest BCUT2D eigenvalue weighted by Gasteiger charge is 2.32. The molecule has 1 atom stereocenters. The third-order valence-corrected chi connectivity index (χ3v) is 8.43. The average molecular weight is 540 g/mol. The number of pyridine rings is 1. The summed E-state index contributed by atoms with van der Waals surface area (Å²) in [5.74, 6) is 0.232. The lowest BCUT2D eigenvalue weighted by molar-refractivity contribution is -0.0336. The predicted molar refractivity (Wildman–Crippen MR) is 160 cm³/mol. The maximum atomic E-state index is 14.3. The van der Waals surface area contributed by atoms with Crippen LogP contribution in [0.5, 0.6) is 5.75 Å². The number of aromatic nitrogens is 2. The molecule has 0 radical (unpaired) electrons. The second-order valence-electron chi connectivity index (χ2n) is 11.5. The SMILES string of the molecule is CCc1c(C)cn2cc3nc2c1N1CCC(C)(CC1)OC/C=C/CC(C)Oc1cc(F)ccc1-c1cccc-3c1. The van der Waals surface area contributed by atoms with Crippen molar-refractivity contribution < 1.29 is 13.9 Å². The van der Waals surface area contributed by atoms with E-state index in [2.05, 4.69) is 66.8 Å². The minimum Gasteiger partial charge on any atom is -0.490 e. The van der Waals surface area contributed by atoms with Gasteiger partial charge >= 0.3 is 0 Å². The Morgan fingerprint density at radius 2 is 1.85 bits per heavy atom. The van der Waals surface area contributed by atoms with Crippen LogP contribution in [0.3, 0.4) is 0 Å². The van der Waals surface area contributed by atoms with Crippen LogP contribution in [0.1, 0.15) is 51.2 Å². The number of hydrogen-bond donors (Lipinski definition) is 0. The third kappa shape index (κ3) is 5.13. The molecule has 3 aliphatic heterocycles. The normalized spacial score (nSPS) is 22.2. The second-order valence-corrected chi connectivity index (χ2v) is 11.5. The van der Waals surface area contributed by atoms with Crippen molar-refractivity contribution >= 4 is 11.3 Å². The number of hydrogen-bond acceptors (Lipinski definition) is 4. The molecular weight excluding hydrogens is 501 g/mol. The molecule has 3 aliphatic rings. The Balaban J connectivity index is 1.50. The lowest BCUT2D eigenvalue weighted by atomic mass is 9.92. The fraction of sp³-hybridized carbons (Fsp3) is 0.382. The number of piperidine rings is 1. The van der Waals surface area contributed by atoms with E-state index in [4.69, 9.17) is 14.5 Å². The molecule has 0 amide bonds. The Bertz CT molecular complexity index is 1570. The molecule has 1 saturated heterocycles. The molecule has 0 spiro atoms. The Hall–Kier alpha value is -3.64. The van der Waals surface area contributed by atoms with Gasteiger partial charge < -0.3 is 18.8 Å². The number of nitrogens with zero attached hydrogens (tertiary/aromatic N) is 3. The summed E-state index contributed by atoms with van der Waals surface area (Å²) in [6, 6.07) is 13.1. The lowest BCUT2D eigenvalue weighted by Crippen LogP contribution is -2.44. The van der Waals surface area contributed by atoms with Gasteiger partial charge in [0.1, 0.15) is 11.6 Å². The molecule has 208 valence electrons. The Morgan fingerprint density at radius 1 is 1.05 bits per heavy atom. The molecule has 0 N–H and O–H groups in total. The summed E-state index contributed by atoms with van der Waals surface area (Å²) in [6.07, 6.45) is 12.0. The lowest BCUT2D eigenvalue weighted by Gasteiger charge is -2.41. The quantitative estimate of drug-likeness (QED) is 0.232. The summed E-state index contributed by atoms with van der Waals surface area (Å²) >= 11 is 0. The van der Waals surface area contributed by atoms with Crippen LogP contribution in [0, 0.1) is 12.7 Å². The highest BCUT2D eigenvalue weighted by Crippen LogP contribution is 2.38. The van der Waals surface area contributed by atoms with Gasteiger partial charge in [-0.2, -0.15) is 0 Å². The fourth-order valence-electron chi connectivity index (χ4n) is 6.09. The van der Waals surface area contributed by atoms with Gasteiger partial charge in [-0.1, -0.05) is 37.3 Å². The summed E-state index contributed by atoms with van der Waals surface area (Å²) in [5, 5.41) is 0. The van der Waals surface area contributed by atoms with E-state index in [1.165, 1.54) is 28.9 Å². The van der Waals surface area contributed by atoms with Crippen molar-refractivity contribution in [2.45, 2.75) is 65.1 Å². The van der Waals surface area contributed by atoms with Gasteiger partial charge in [0.25, 0.3) is 0 Å². The van der Waals surface area contributed by atoms with Crippen LogP contribution in [0.25, 0.3) is 28.0 Å². The van der Waals surface area contributed by atoms with Crippen LogP contribution >= 0.6 is 0 Å². The predicted octanol–water partition coefficient (Wildman–Crippen LogP) is 7.78. The van der Waals surface area contributed by atoms with E-state index >= 15 is 0 Å². The van der Waals surface area contributed by atoms with Crippen LogP contribution in [-0.4, -0.2) is 40.8 Å². The van der Waals surface area contributed by atoms with Gasteiger partial charge in [0.2, 0.25) is 0 Å². The Morgan fingerprint density at radius 3 is 2.65 bits per heavy atom. The van der Waals surface area contributed by atoms with E-state index in [1.54, 1.807) is 6.07 Å². The van der Waals surface area contributed by atoms with Crippen molar-refractivity contribution in [1.29, 1.82) is 0 Å². The van der Waals surface area contributed by atoms with Crippen LogP contribution in [0.15, 0.2) is 67.0 Å². The number of aryl methyl sites for hydroxylation is 1. The molecule has 6 bridgehead atoms. The minimum atomic E-state index is -0.311. The number of imidazole rings is 1. The molecule has 2 aromatic carbocycles. The monoisotopic (exact) mass is 539 g/mol. The maximum absolute atomic E-state index is 14.3. The Labute approximate surface area is 236 Å². The summed E-state index contributed by atoms with van der Waals surface area (Å²) in [5.41, 5.74) is 8.47. The van der Waals surface area contributed by atoms with E-state index in [9.17, 15) is 4.39 Å². The van der Waals surface area contributed by atoms with Crippen molar-refractivity contribution in [2.75, 3.05) is 24.6 Å². The number of ether oxygens (including phenoxy) is 2. The molecule has 1 fully saturated rings. The van der Waals surface area contributed by atoms with Gasteiger partial charge in [0.05, 0.1) is 29.7 Å². The molecule has 1 unspecified atom stereocenters. The number of anilines is 1. The first-order chi connectivity index (χ1) is 19.3. The fourth-order valence-corrected chi connectivity index (χ4v) is 6.09. The first-order valence-electron chi connectivity index (χ1n) is 14.5. The van der Waals surface area contributed by atoms with Crippen molar-refractivity contribution in [3.63, 3.8) is 0 Å². The summed E-state index contributed by atoms with van der Waals surface area (Å²) < 4.78 is 29.2. The number of benzene rings is 2. The molecule has 40 heavy (non-hydrogen) atoms. The van der Waals surface area contributed by atoms with Gasteiger partial charge in [0, 0.05) is 49.1 Å². The molecule has 2 aromatic heterocycles. The third-order valence-electron chi connectivity index (χ3n) is 8.43. The molecule has 0 aliphatic carbocycles. The van der Waals surface area contributed by atoms with Gasteiger partial charge in [-0.25, -0.2) is 9.37 Å². The van der Waals surface area contributed by atoms with E-state index in [0.29, 0.717) is 18.8 Å². The van der Waals surface area contributed by atoms with Crippen LogP contribution in [0.2, 0.25) is 0 Å². The van der Waals surface area contributed by atoms with Gasteiger partial charge in [-0.3, -0.25) is 0 Å². The summed E-state index contributed by atoms with van der Waals surface area (Å²) in [7, 11) is 0. The van der Waals surface area contributed by atoms with Crippen LogP contribution < -0.4 is 9.64 Å². The van der Waals surface area contributed by atoms with Crippen molar-refractivity contribution in [3.05, 3.63) is 84.0 Å². The molecule has 5 nitrogen and oxygen atoms in total. The van der Waals surface area contributed by atoms with E-state index in [0.717, 1.165) is 60.4 Å². The first-order valence-corrected chi connectivity index (χ1v) is 14.5. The molecule has 7 rings (SSSR count). The van der Waals surface area contributed by atoms with Crippen molar-refractivity contribution in [1.82, 2.24) is 9.38 Å². The highest BCUT2D eigenvalue weighted by atomic mass is 19.1. The first kappa shape index (κ1) is 26.6. The van der Waals surface area contributed by atoms with Crippen LogP contribution in [0.4, 0.5) is 10.1 Å². The topological polar surface area (TPSA) is 39.0 Å². The van der Waals surface area contributed by atoms with Crippen LogP contribution in [-0.2, 0) is 11.2 Å². The highest BCUT2D eigenvalue weighted by molar-refractivity contribution is 5.80. The zero-order chi connectivity index (χ0) is 27.9. The molecule has 5 heterocycles. The zero-order valence-electron chi connectivity index (χ0n) is 23.9. The van der Waals surface area contributed by atoms with Crippen molar-refractivity contribution in [3.8, 4) is 28.1 Å². The van der Waals surface area contributed by atoms with Gasteiger partial charge in [-0.05, 0) is 74.9 Å². The maximum Gasteiger partial charge on any atom is 0.161 e. The largest absolute Gasteiger partial charge is 0.490 e. The number of halogens is 1. The van der Waals surface area contributed by atoms with Gasteiger partial charge in [0.15, 0.2) is 5.65 Å². The smallest absolute Gasteiger partial charge is 0.161 e. The molecule has 4 aromatic rings. The summed E-state index contributed by atoms with van der Waals surface area (Å²) in [4.78, 5) is 7.72.